The number of nitrogens with zero attached hydrogens (tertiary/aromatic N) is 3. The molecule has 8 heteroatoms. The van der Waals surface area contributed by atoms with E-state index in [4.69, 9.17) is 9.47 Å². The monoisotopic (exact) mass is 572 g/mol. The molecule has 0 bridgehead atoms. The van der Waals surface area contributed by atoms with Gasteiger partial charge in [0.2, 0.25) is 0 Å². The lowest BCUT2D eigenvalue weighted by atomic mass is 9.97. The fraction of sp³-hybridized carbons (Fsp3) is 0.542. The highest BCUT2D eigenvalue weighted by molar-refractivity contribution is 14.0. The predicted molar refractivity (Wildman–Crippen MR) is 145 cm³/mol. The third-order valence-electron chi connectivity index (χ3n) is 5.97. The van der Waals surface area contributed by atoms with Crippen molar-refractivity contribution in [1.82, 2.24) is 15.1 Å². The van der Waals surface area contributed by atoms with E-state index in [1.54, 1.807) is 14.2 Å². The van der Waals surface area contributed by atoms with E-state index in [-0.39, 0.29) is 24.0 Å². The smallest absolute Gasteiger partial charge is 0.193 e. The van der Waals surface area contributed by atoms with Crippen molar-refractivity contribution >= 4 is 41.3 Å². The molecule has 2 heterocycles. The van der Waals surface area contributed by atoms with Gasteiger partial charge in [0, 0.05) is 38.6 Å². The number of methoxy groups -OCH3 is 2. The first kappa shape index (κ1) is 26.7. The minimum Gasteiger partial charge on any atom is -0.493 e. The van der Waals surface area contributed by atoms with Crippen LogP contribution in [-0.2, 0) is 13.0 Å². The first-order chi connectivity index (χ1) is 15.1. The molecule has 1 aliphatic rings. The minimum absolute atomic E-state index is 0. The SMILES string of the molecule is CN=C(NCC1CCN(Cc2cccs2)CC1)N(C)CCc1ccc(OC)c(OC)c1.I. The van der Waals surface area contributed by atoms with Gasteiger partial charge in [0.25, 0.3) is 0 Å². The van der Waals surface area contributed by atoms with Gasteiger partial charge in [-0.2, -0.15) is 0 Å². The van der Waals surface area contributed by atoms with Gasteiger partial charge in [0.15, 0.2) is 17.5 Å². The van der Waals surface area contributed by atoms with Gasteiger partial charge in [0.05, 0.1) is 14.2 Å². The zero-order chi connectivity index (χ0) is 22.1. The Bertz CT molecular complexity index is 823. The van der Waals surface area contributed by atoms with Crippen LogP contribution < -0.4 is 14.8 Å². The number of likely N-dealkylation sites (N-methyl/N-ethyl adjacent to an activating group) is 1. The van der Waals surface area contributed by atoms with Crippen LogP contribution >= 0.6 is 35.3 Å². The van der Waals surface area contributed by atoms with Crippen molar-refractivity contribution in [3.05, 3.63) is 46.2 Å². The zero-order valence-corrected chi connectivity index (χ0v) is 22.8. The van der Waals surface area contributed by atoms with Crippen molar-refractivity contribution in [2.24, 2.45) is 10.9 Å². The molecule has 1 aromatic carbocycles. The molecule has 1 aromatic heterocycles. The number of halogens is 1. The molecule has 0 spiro atoms. The summed E-state index contributed by atoms with van der Waals surface area (Å²) in [6, 6.07) is 10.5. The van der Waals surface area contributed by atoms with Crippen molar-refractivity contribution in [2.75, 3.05) is 54.5 Å². The highest BCUT2D eigenvalue weighted by Crippen LogP contribution is 2.27. The molecule has 0 unspecified atom stereocenters. The molecule has 0 radical (unpaired) electrons. The lowest BCUT2D eigenvalue weighted by molar-refractivity contribution is 0.179. The fourth-order valence-corrected chi connectivity index (χ4v) is 4.78. The Balaban J connectivity index is 0.00000363. The molecule has 1 fully saturated rings. The summed E-state index contributed by atoms with van der Waals surface area (Å²) < 4.78 is 10.7. The second kappa shape index (κ2) is 13.9. The van der Waals surface area contributed by atoms with Crippen LogP contribution in [0.3, 0.4) is 0 Å². The Morgan fingerprint density at radius 2 is 1.94 bits per heavy atom. The van der Waals surface area contributed by atoms with Crippen molar-refractivity contribution in [2.45, 2.75) is 25.8 Å². The van der Waals surface area contributed by atoms with Crippen molar-refractivity contribution in [3.8, 4) is 11.5 Å². The molecule has 3 rings (SSSR count). The Morgan fingerprint density at radius 1 is 1.19 bits per heavy atom. The number of likely N-dealkylation sites (tertiary alicyclic amines) is 1. The number of piperidine rings is 1. The predicted octanol–water partition coefficient (Wildman–Crippen LogP) is 4.35. The average Bonchev–Trinajstić information content (AvgIpc) is 3.32. The van der Waals surface area contributed by atoms with Gasteiger partial charge in [0.1, 0.15) is 0 Å². The van der Waals surface area contributed by atoms with Gasteiger partial charge in [-0.25, -0.2) is 0 Å². The molecule has 0 saturated carbocycles. The number of rotatable bonds is 9. The Kier molecular flexibility index (Phi) is 11.6. The molecule has 0 amide bonds. The molecule has 0 atom stereocenters. The van der Waals surface area contributed by atoms with E-state index in [0.29, 0.717) is 5.92 Å². The van der Waals surface area contributed by atoms with Crippen molar-refractivity contribution in [1.29, 1.82) is 0 Å². The van der Waals surface area contributed by atoms with Gasteiger partial charge in [-0.3, -0.25) is 9.89 Å². The van der Waals surface area contributed by atoms with E-state index in [9.17, 15) is 0 Å². The third-order valence-corrected chi connectivity index (χ3v) is 6.83. The van der Waals surface area contributed by atoms with Crippen LogP contribution in [0.4, 0.5) is 0 Å². The van der Waals surface area contributed by atoms with E-state index in [2.05, 4.69) is 50.7 Å². The molecule has 1 aliphatic heterocycles. The summed E-state index contributed by atoms with van der Waals surface area (Å²) in [4.78, 5) is 10.7. The third kappa shape index (κ3) is 7.81. The quantitative estimate of drug-likeness (QED) is 0.275. The van der Waals surface area contributed by atoms with Crippen LogP contribution in [0, 0.1) is 5.92 Å². The van der Waals surface area contributed by atoms with E-state index in [1.807, 2.05) is 30.5 Å². The molecule has 1 N–H and O–H groups in total. The lowest BCUT2D eigenvalue weighted by Crippen LogP contribution is -2.44. The number of ether oxygens (including phenoxy) is 2. The summed E-state index contributed by atoms with van der Waals surface area (Å²) in [6.07, 6.45) is 3.40. The van der Waals surface area contributed by atoms with Crippen LogP contribution in [0.25, 0.3) is 0 Å². The van der Waals surface area contributed by atoms with Crippen LogP contribution in [0.5, 0.6) is 11.5 Å². The number of benzene rings is 1. The molecule has 32 heavy (non-hydrogen) atoms. The summed E-state index contributed by atoms with van der Waals surface area (Å²) in [6.45, 7) is 5.32. The first-order valence-electron chi connectivity index (χ1n) is 11.0. The van der Waals surface area contributed by atoms with Gasteiger partial charge in [-0.05, 0) is 67.4 Å². The summed E-state index contributed by atoms with van der Waals surface area (Å²) in [5.41, 5.74) is 1.22. The largest absolute Gasteiger partial charge is 0.493 e. The summed E-state index contributed by atoms with van der Waals surface area (Å²) in [5, 5.41) is 5.76. The average molecular weight is 573 g/mol. The summed E-state index contributed by atoms with van der Waals surface area (Å²) in [7, 11) is 7.29. The van der Waals surface area contributed by atoms with Crippen LogP contribution in [0.2, 0.25) is 0 Å². The molecule has 0 aliphatic carbocycles. The van der Waals surface area contributed by atoms with Crippen LogP contribution in [0.15, 0.2) is 40.7 Å². The highest BCUT2D eigenvalue weighted by atomic mass is 127. The van der Waals surface area contributed by atoms with Crippen LogP contribution in [-0.4, -0.2) is 70.3 Å². The molecule has 178 valence electrons. The van der Waals surface area contributed by atoms with Crippen molar-refractivity contribution < 1.29 is 9.47 Å². The number of hydrogen-bond donors (Lipinski definition) is 1. The zero-order valence-electron chi connectivity index (χ0n) is 19.7. The topological polar surface area (TPSA) is 49.3 Å². The van der Waals surface area contributed by atoms with E-state index >= 15 is 0 Å². The first-order valence-corrected chi connectivity index (χ1v) is 11.9. The Morgan fingerprint density at radius 3 is 2.56 bits per heavy atom. The molecule has 1 saturated heterocycles. The van der Waals surface area contributed by atoms with Gasteiger partial charge >= 0.3 is 0 Å². The Labute approximate surface area is 214 Å². The molecule has 6 nitrogen and oxygen atoms in total. The number of guanidine groups is 1. The number of nitrogens with one attached hydrogen (secondary N) is 1. The van der Waals surface area contributed by atoms with E-state index in [1.165, 1.54) is 36.4 Å². The second-order valence-corrected chi connectivity index (χ2v) is 9.12. The van der Waals surface area contributed by atoms with Gasteiger partial charge in [-0.15, -0.1) is 35.3 Å². The van der Waals surface area contributed by atoms with Crippen molar-refractivity contribution in [3.63, 3.8) is 0 Å². The van der Waals surface area contributed by atoms with Gasteiger partial charge < -0.3 is 19.7 Å². The maximum atomic E-state index is 5.42. The highest BCUT2D eigenvalue weighted by Gasteiger charge is 2.20. The lowest BCUT2D eigenvalue weighted by Gasteiger charge is -2.32. The summed E-state index contributed by atoms with van der Waals surface area (Å²) >= 11 is 1.86. The number of thiophene rings is 1. The van der Waals surface area contributed by atoms with Crippen LogP contribution in [0.1, 0.15) is 23.3 Å². The van der Waals surface area contributed by atoms with E-state index in [0.717, 1.165) is 43.5 Å². The number of hydrogen-bond acceptors (Lipinski definition) is 5. The normalized spacial score (nSPS) is 15.2. The Hall–Kier alpha value is -1.52. The summed E-state index contributed by atoms with van der Waals surface area (Å²) in [5.74, 6) is 3.20. The number of aliphatic imine (C=N–C) groups is 1. The minimum atomic E-state index is 0. The van der Waals surface area contributed by atoms with Gasteiger partial charge in [-0.1, -0.05) is 12.1 Å². The fourth-order valence-electron chi connectivity index (χ4n) is 4.03. The maximum Gasteiger partial charge on any atom is 0.193 e. The maximum absolute atomic E-state index is 5.42. The second-order valence-electron chi connectivity index (χ2n) is 8.09. The van der Waals surface area contributed by atoms with E-state index < -0.39 is 0 Å². The molecular formula is C24H37IN4O2S. The standard InChI is InChI=1S/C24H36N4O2S.HI/c1-25-24(27(2)12-9-19-7-8-22(29-3)23(16-19)30-4)26-17-20-10-13-28(14-11-20)18-21-6-5-15-31-21;/h5-8,15-16,20H,9-14,17-18H2,1-4H3,(H,25,26);1H. The molecule has 2 aromatic rings. The molecular weight excluding hydrogens is 535 g/mol.